The molecule has 0 heterocycles. The second-order valence-corrected chi connectivity index (χ2v) is 10.9. The average molecular weight is 453 g/mol. The molecule has 0 saturated heterocycles. The van der Waals surface area contributed by atoms with E-state index in [1.165, 1.54) is 77.0 Å². The van der Waals surface area contributed by atoms with Crippen LogP contribution in [0, 0.1) is 35.5 Å². The topological polar surface area (TPSA) is 35.5 Å². The van der Waals surface area contributed by atoms with Gasteiger partial charge in [-0.1, -0.05) is 64.5 Å². The molecule has 3 aliphatic carbocycles. The number of ether oxygens (including phenoxy) is 2. The Morgan fingerprint density at radius 3 is 2.39 bits per heavy atom. The Labute approximate surface area is 201 Å². The first-order valence-corrected chi connectivity index (χ1v) is 13.7. The zero-order valence-electron chi connectivity index (χ0n) is 20.7. The summed E-state index contributed by atoms with van der Waals surface area (Å²) in [5, 5.41) is 0. The Hall–Kier alpha value is -1.77. The lowest BCUT2D eigenvalue weighted by molar-refractivity contribution is -0.144. The van der Waals surface area contributed by atoms with E-state index in [0.29, 0.717) is 18.3 Å². The van der Waals surface area contributed by atoms with Crippen molar-refractivity contribution in [3.8, 4) is 11.5 Å². The van der Waals surface area contributed by atoms with Crippen LogP contribution in [-0.2, 0) is 4.79 Å². The van der Waals surface area contributed by atoms with Gasteiger partial charge in [-0.25, -0.2) is 0 Å². The molecule has 1 aromatic rings. The maximum atomic E-state index is 13.1. The Kier molecular flexibility index (Phi) is 8.92. The second kappa shape index (κ2) is 12.1. The SMILES string of the molecule is C=CCOc1ccc(OC(=O)C2CCCC3CC(C4CCC(CCCC)CC4)CCC32)cc1. The molecular formula is C30H44O3. The number of fused-ring (bicyclic) bond motifs is 1. The summed E-state index contributed by atoms with van der Waals surface area (Å²) >= 11 is 0. The second-order valence-electron chi connectivity index (χ2n) is 10.9. The number of esters is 1. The summed E-state index contributed by atoms with van der Waals surface area (Å²) in [7, 11) is 0. The monoisotopic (exact) mass is 452 g/mol. The van der Waals surface area contributed by atoms with E-state index >= 15 is 0 Å². The summed E-state index contributed by atoms with van der Waals surface area (Å²) < 4.78 is 11.4. The summed E-state index contributed by atoms with van der Waals surface area (Å²) in [6.07, 6.45) is 19.1. The highest BCUT2D eigenvalue weighted by Crippen LogP contribution is 2.50. The fraction of sp³-hybridized carbons (Fsp3) is 0.700. The highest BCUT2D eigenvalue weighted by atomic mass is 16.5. The molecule has 0 N–H and O–H groups in total. The van der Waals surface area contributed by atoms with Gasteiger partial charge in [0.15, 0.2) is 0 Å². The van der Waals surface area contributed by atoms with E-state index in [2.05, 4.69) is 13.5 Å². The smallest absolute Gasteiger partial charge is 0.314 e. The van der Waals surface area contributed by atoms with Gasteiger partial charge >= 0.3 is 5.97 Å². The van der Waals surface area contributed by atoms with E-state index in [1.54, 1.807) is 6.08 Å². The van der Waals surface area contributed by atoms with Gasteiger partial charge in [-0.3, -0.25) is 4.79 Å². The van der Waals surface area contributed by atoms with Crippen molar-refractivity contribution in [2.24, 2.45) is 35.5 Å². The third-order valence-electron chi connectivity index (χ3n) is 8.93. The van der Waals surface area contributed by atoms with Crippen LogP contribution < -0.4 is 9.47 Å². The summed E-state index contributed by atoms with van der Waals surface area (Å²) in [5.41, 5.74) is 0. The summed E-state index contributed by atoms with van der Waals surface area (Å²) in [6, 6.07) is 7.39. The van der Waals surface area contributed by atoms with Gasteiger partial charge < -0.3 is 9.47 Å². The fourth-order valence-electron chi connectivity index (χ4n) is 7.11. The maximum absolute atomic E-state index is 13.1. The number of carbonyl (C=O) groups excluding carboxylic acids is 1. The zero-order valence-corrected chi connectivity index (χ0v) is 20.7. The molecule has 3 nitrogen and oxygen atoms in total. The Morgan fingerprint density at radius 2 is 1.67 bits per heavy atom. The van der Waals surface area contributed by atoms with Crippen molar-refractivity contribution in [1.82, 2.24) is 0 Å². The standard InChI is InChI=1S/C30H44O3/c1-3-5-7-22-10-12-23(13-11-22)24-14-19-28-25(21-24)8-6-9-29(28)30(31)33-27-17-15-26(16-18-27)32-20-4-2/h4,15-18,22-25,28-29H,2-3,5-14,19-21H2,1H3. The first-order chi connectivity index (χ1) is 16.2. The minimum atomic E-state index is -0.0145. The van der Waals surface area contributed by atoms with Crippen LogP contribution in [0.1, 0.15) is 90.4 Å². The summed E-state index contributed by atoms with van der Waals surface area (Å²) in [5.74, 6) is 5.54. The fourth-order valence-corrected chi connectivity index (χ4v) is 7.11. The average Bonchev–Trinajstić information content (AvgIpc) is 2.86. The number of hydrogen-bond donors (Lipinski definition) is 0. The number of hydrogen-bond acceptors (Lipinski definition) is 3. The molecule has 4 rings (SSSR count). The van der Waals surface area contributed by atoms with Gasteiger partial charge in [-0.2, -0.15) is 0 Å². The first kappa shape index (κ1) is 24.4. The number of rotatable bonds is 9. The minimum Gasteiger partial charge on any atom is -0.490 e. The molecule has 3 fully saturated rings. The van der Waals surface area contributed by atoms with Crippen LogP contribution in [0.25, 0.3) is 0 Å². The Bertz CT molecular complexity index is 746. The third kappa shape index (κ3) is 6.43. The molecule has 4 atom stereocenters. The van der Waals surface area contributed by atoms with Crippen LogP contribution >= 0.6 is 0 Å². The lowest BCUT2D eigenvalue weighted by Gasteiger charge is -2.46. The molecule has 0 bridgehead atoms. The van der Waals surface area contributed by atoms with Crippen molar-refractivity contribution in [3.05, 3.63) is 36.9 Å². The summed E-state index contributed by atoms with van der Waals surface area (Å²) in [4.78, 5) is 13.1. The van der Waals surface area contributed by atoms with Crippen molar-refractivity contribution in [2.75, 3.05) is 6.61 Å². The number of benzene rings is 1. The molecule has 33 heavy (non-hydrogen) atoms. The van der Waals surface area contributed by atoms with Crippen LogP contribution in [0.5, 0.6) is 11.5 Å². The van der Waals surface area contributed by atoms with E-state index in [4.69, 9.17) is 9.47 Å². The molecule has 4 unspecified atom stereocenters. The highest BCUT2D eigenvalue weighted by Gasteiger charge is 2.43. The lowest BCUT2D eigenvalue weighted by atomic mass is 9.59. The van der Waals surface area contributed by atoms with Gasteiger partial charge in [0.2, 0.25) is 0 Å². The van der Waals surface area contributed by atoms with Crippen molar-refractivity contribution in [2.45, 2.75) is 90.4 Å². The number of unbranched alkanes of at least 4 members (excludes halogenated alkanes) is 1. The lowest BCUT2D eigenvalue weighted by Crippen LogP contribution is -2.40. The minimum absolute atomic E-state index is 0.0145. The van der Waals surface area contributed by atoms with Crippen LogP contribution in [0.2, 0.25) is 0 Å². The Balaban J connectivity index is 1.28. The molecule has 3 aliphatic rings. The molecule has 0 aromatic heterocycles. The van der Waals surface area contributed by atoms with Crippen molar-refractivity contribution >= 4 is 5.97 Å². The van der Waals surface area contributed by atoms with Crippen LogP contribution in [0.15, 0.2) is 36.9 Å². The molecule has 3 heteroatoms. The third-order valence-corrected chi connectivity index (χ3v) is 8.93. The molecule has 1 aromatic carbocycles. The largest absolute Gasteiger partial charge is 0.490 e. The normalized spacial score (nSPS) is 31.9. The molecule has 0 radical (unpaired) electrons. The van der Waals surface area contributed by atoms with Crippen LogP contribution in [0.3, 0.4) is 0 Å². The molecular weight excluding hydrogens is 408 g/mol. The molecule has 0 aliphatic heterocycles. The van der Waals surface area contributed by atoms with E-state index in [-0.39, 0.29) is 11.9 Å². The van der Waals surface area contributed by atoms with Gasteiger partial charge in [0, 0.05) is 0 Å². The Morgan fingerprint density at radius 1 is 0.939 bits per heavy atom. The van der Waals surface area contributed by atoms with Gasteiger partial charge in [0.25, 0.3) is 0 Å². The zero-order chi connectivity index (χ0) is 23.0. The van der Waals surface area contributed by atoms with E-state index in [9.17, 15) is 4.79 Å². The first-order valence-electron chi connectivity index (χ1n) is 13.7. The van der Waals surface area contributed by atoms with Crippen molar-refractivity contribution < 1.29 is 14.3 Å². The molecule has 0 amide bonds. The quantitative estimate of drug-likeness (QED) is 0.216. The predicted octanol–water partition coefficient (Wildman–Crippen LogP) is 7.99. The van der Waals surface area contributed by atoms with Crippen LogP contribution in [0.4, 0.5) is 0 Å². The molecule has 0 spiro atoms. The van der Waals surface area contributed by atoms with E-state index in [0.717, 1.165) is 35.8 Å². The van der Waals surface area contributed by atoms with Crippen LogP contribution in [-0.4, -0.2) is 12.6 Å². The predicted molar refractivity (Wildman–Crippen MR) is 134 cm³/mol. The van der Waals surface area contributed by atoms with E-state index in [1.807, 2.05) is 24.3 Å². The number of carbonyl (C=O) groups is 1. The molecule has 182 valence electrons. The maximum Gasteiger partial charge on any atom is 0.314 e. The van der Waals surface area contributed by atoms with Crippen molar-refractivity contribution in [1.29, 1.82) is 0 Å². The highest BCUT2D eigenvalue weighted by molar-refractivity contribution is 5.75. The van der Waals surface area contributed by atoms with Gasteiger partial charge in [0.05, 0.1) is 5.92 Å². The van der Waals surface area contributed by atoms with Gasteiger partial charge in [0.1, 0.15) is 18.1 Å². The van der Waals surface area contributed by atoms with E-state index < -0.39 is 0 Å². The van der Waals surface area contributed by atoms with Gasteiger partial charge in [-0.05, 0) is 92.4 Å². The van der Waals surface area contributed by atoms with Gasteiger partial charge in [-0.15, -0.1) is 0 Å². The molecule has 3 saturated carbocycles. The summed E-state index contributed by atoms with van der Waals surface area (Å²) in [6.45, 7) is 6.46. The van der Waals surface area contributed by atoms with Crippen molar-refractivity contribution in [3.63, 3.8) is 0 Å².